The first-order chi connectivity index (χ1) is 7.74. The van der Waals surface area contributed by atoms with E-state index in [2.05, 4.69) is 9.97 Å². The van der Waals surface area contributed by atoms with Crippen molar-refractivity contribution in [3.63, 3.8) is 0 Å². The molecule has 0 atom stereocenters. The van der Waals surface area contributed by atoms with Crippen LogP contribution in [0.4, 0.5) is 0 Å². The van der Waals surface area contributed by atoms with E-state index in [0.717, 1.165) is 16.6 Å². The van der Waals surface area contributed by atoms with Crippen LogP contribution in [0.3, 0.4) is 0 Å². The first-order valence-corrected chi connectivity index (χ1v) is 5.68. The van der Waals surface area contributed by atoms with Gasteiger partial charge in [-0.3, -0.25) is 0 Å². The molecule has 0 aliphatic heterocycles. The van der Waals surface area contributed by atoms with Crippen LogP contribution in [0, 0.1) is 6.92 Å². The molecule has 0 radical (unpaired) electrons. The highest BCUT2D eigenvalue weighted by Crippen LogP contribution is 2.24. The third kappa shape index (κ3) is 2.33. The third-order valence-electron chi connectivity index (χ3n) is 2.14. The summed E-state index contributed by atoms with van der Waals surface area (Å²) in [6, 6.07) is 0. The Bertz CT molecular complexity index is 467. The fourth-order valence-corrected chi connectivity index (χ4v) is 1.83. The topological polar surface area (TPSA) is 50.9 Å². The molecule has 0 unspecified atom stereocenters. The monoisotopic (exact) mass is 241 g/mol. The minimum Gasteiger partial charge on any atom is -0.395 e. The van der Waals surface area contributed by atoms with E-state index in [1.54, 1.807) is 0 Å². The third-order valence-corrected chi connectivity index (χ3v) is 2.42. The largest absolute Gasteiger partial charge is 0.395 e. The first-order valence-electron chi connectivity index (χ1n) is 5.31. The van der Waals surface area contributed by atoms with Crippen LogP contribution in [0.2, 0.25) is 5.15 Å². The molecule has 0 aliphatic carbocycles. The normalized spacial score (nSPS) is 10.1. The van der Waals surface area contributed by atoms with Gasteiger partial charge in [0.25, 0.3) is 0 Å². The Morgan fingerprint density at radius 1 is 1.38 bits per heavy atom. The molecule has 0 spiro atoms. The average molecular weight is 242 g/mol. The summed E-state index contributed by atoms with van der Waals surface area (Å²) in [6.07, 6.45) is 3.35. The minimum atomic E-state index is 0.0881. The van der Waals surface area contributed by atoms with E-state index < -0.39 is 0 Å². The predicted molar refractivity (Wildman–Crippen MR) is 65.7 cm³/mol. The zero-order chi connectivity index (χ0) is 12.1. The van der Waals surface area contributed by atoms with Gasteiger partial charge in [-0.1, -0.05) is 25.4 Å². The zero-order valence-electron chi connectivity index (χ0n) is 9.74. The van der Waals surface area contributed by atoms with E-state index in [1.807, 2.05) is 31.5 Å². The molecule has 2 aromatic rings. The van der Waals surface area contributed by atoms with E-state index in [0.29, 0.717) is 11.7 Å². The fraction of sp³-hybridized carbons (Fsp3) is 0.455. The molecule has 0 fully saturated rings. The van der Waals surface area contributed by atoms with Crippen LogP contribution in [-0.2, 0) is 6.54 Å². The van der Waals surface area contributed by atoms with Crippen molar-refractivity contribution in [1.29, 1.82) is 0 Å². The first kappa shape index (κ1) is 12.9. The molecule has 2 aromatic heterocycles. The molecule has 0 aromatic carbocycles. The summed E-state index contributed by atoms with van der Waals surface area (Å²) in [4.78, 5) is 8.06. The van der Waals surface area contributed by atoms with Gasteiger partial charge in [0.05, 0.1) is 12.0 Å². The van der Waals surface area contributed by atoms with E-state index in [1.165, 1.54) is 6.33 Å². The summed E-state index contributed by atoms with van der Waals surface area (Å²) >= 11 is 5.95. The Kier molecular flexibility index (Phi) is 4.71. The molecule has 0 saturated heterocycles. The van der Waals surface area contributed by atoms with Crippen molar-refractivity contribution in [2.24, 2.45) is 0 Å². The minimum absolute atomic E-state index is 0.0881. The van der Waals surface area contributed by atoms with Gasteiger partial charge in [-0.2, -0.15) is 0 Å². The molecule has 16 heavy (non-hydrogen) atoms. The fourth-order valence-electron chi connectivity index (χ4n) is 1.55. The highest BCUT2D eigenvalue weighted by molar-refractivity contribution is 6.34. The van der Waals surface area contributed by atoms with E-state index in [4.69, 9.17) is 16.7 Å². The number of aliphatic hydroxyl groups excluding tert-OH is 1. The van der Waals surface area contributed by atoms with E-state index in [9.17, 15) is 0 Å². The summed E-state index contributed by atoms with van der Waals surface area (Å²) in [6.45, 7) is 6.56. The Balaban J connectivity index is 0.000000606. The van der Waals surface area contributed by atoms with Crippen molar-refractivity contribution in [3.8, 4) is 0 Å². The maximum Gasteiger partial charge on any atom is 0.145 e. The van der Waals surface area contributed by atoms with Crippen molar-refractivity contribution >= 4 is 22.6 Å². The van der Waals surface area contributed by atoms with Gasteiger partial charge in [-0.05, 0) is 12.5 Å². The van der Waals surface area contributed by atoms with Crippen LogP contribution < -0.4 is 0 Å². The number of hydrogen-bond acceptors (Lipinski definition) is 3. The lowest BCUT2D eigenvalue weighted by Crippen LogP contribution is -2.01. The van der Waals surface area contributed by atoms with Gasteiger partial charge in [0.2, 0.25) is 0 Å². The molecule has 88 valence electrons. The van der Waals surface area contributed by atoms with Crippen LogP contribution >= 0.6 is 11.6 Å². The van der Waals surface area contributed by atoms with Crippen molar-refractivity contribution in [2.45, 2.75) is 27.3 Å². The van der Waals surface area contributed by atoms with Crippen LogP contribution in [0.1, 0.15) is 19.4 Å². The SMILES string of the molecule is CC.Cc1cn(CCO)c2ncnc(Cl)c12. The average Bonchev–Trinajstić information content (AvgIpc) is 2.61. The van der Waals surface area contributed by atoms with Crippen molar-refractivity contribution < 1.29 is 5.11 Å². The smallest absolute Gasteiger partial charge is 0.145 e. The summed E-state index contributed by atoms with van der Waals surface area (Å²) in [5, 5.41) is 10.2. The Morgan fingerprint density at radius 2 is 2.06 bits per heavy atom. The summed E-state index contributed by atoms with van der Waals surface area (Å²) in [5.41, 5.74) is 1.80. The van der Waals surface area contributed by atoms with Crippen molar-refractivity contribution in [2.75, 3.05) is 6.61 Å². The molecular formula is C11H16ClN3O. The lowest BCUT2D eigenvalue weighted by molar-refractivity contribution is 0.278. The number of rotatable bonds is 2. The number of fused-ring (bicyclic) bond motifs is 1. The lowest BCUT2D eigenvalue weighted by Gasteiger charge is -2.00. The number of halogens is 1. The number of aryl methyl sites for hydroxylation is 1. The molecule has 0 aliphatic rings. The molecule has 0 bridgehead atoms. The maximum atomic E-state index is 8.86. The second-order valence-electron chi connectivity index (χ2n) is 3.09. The van der Waals surface area contributed by atoms with Gasteiger partial charge >= 0.3 is 0 Å². The summed E-state index contributed by atoms with van der Waals surface area (Å²) < 4.78 is 1.87. The molecule has 1 N–H and O–H groups in total. The number of hydrogen-bond donors (Lipinski definition) is 1. The van der Waals surface area contributed by atoms with E-state index >= 15 is 0 Å². The molecule has 2 heterocycles. The highest BCUT2D eigenvalue weighted by atomic mass is 35.5. The number of aliphatic hydroxyl groups is 1. The molecule has 4 nitrogen and oxygen atoms in total. The summed E-state index contributed by atoms with van der Waals surface area (Å²) in [5.74, 6) is 0. The Hall–Kier alpha value is -1.13. The van der Waals surface area contributed by atoms with Gasteiger partial charge in [0, 0.05) is 12.7 Å². The quantitative estimate of drug-likeness (QED) is 0.822. The lowest BCUT2D eigenvalue weighted by atomic mass is 10.3. The Morgan fingerprint density at radius 3 is 2.69 bits per heavy atom. The maximum absolute atomic E-state index is 8.86. The van der Waals surface area contributed by atoms with E-state index in [-0.39, 0.29) is 6.61 Å². The van der Waals surface area contributed by atoms with Crippen molar-refractivity contribution in [1.82, 2.24) is 14.5 Å². The van der Waals surface area contributed by atoms with Crippen LogP contribution in [0.25, 0.3) is 11.0 Å². The van der Waals surface area contributed by atoms with Gasteiger partial charge in [0.1, 0.15) is 17.1 Å². The van der Waals surface area contributed by atoms with Gasteiger partial charge < -0.3 is 9.67 Å². The van der Waals surface area contributed by atoms with Crippen LogP contribution in [0.15, 0.2) is 12.5 Å². The Labute approximate surface area is 99.9 Å². The summed E-state index contributed by atoms with van der Waals surface area (Å²) in [7, 11) is 0. The van der Waals surface area contributed by atoms with Crippen molar-refractivity contribution in [3.05, 3.63) is 23.2 Å². The molecule has 0 saturated carbocycles. The standard InChI is InChI=1S/C9H10ClN3O.C2H6/c1-6-4-13(2-3-14)9-7(6)8(10)11-5-12-9;1-2/h4-5,14H,2-3H2,1H3;1-2H3. The number of nitrogens with zero attached hydrogens (tertiary/aromatic N) is 3. The second kappa shape index (κ2) is 5.82. The zero-order valence-corrected chi connectivity index (χ0v) is 10.5. The molecule has 5 heteroatoms. The molecule has 2 rings (SSSR count). The van der Waals surface area contributed by atoms with Gasteiger partial charge in [-0.25, -0.2) is 9.97 Å². The molecular weight excluding hydrogens is 226 g/mol. The van der Waals surface area contributed by atoms with Crippen LogP contribution in [0.5, 0.6) is 0 Å². The predicted octanol–water partition coefficient (Wildman–Crippen LogP) is 2.41. The number of aromatic nitrogens is 3. The van der Waals surface area contributed by atoms with Gasteiger partial charge in [-0.15, -0.1) is 0 Å². The second-order valence-corrected chi connectivity index (χ2v) is 3.45. The highest BCUT2D eigenvalue weighted by Gasteiger charge is 2.09. The van der Waals surface area contributed by atoms with Crippen LogP contribution in [-0.4, -0.2) is 26.2 Å². The molecule has 0 amide bonds. The van der Waals surface area contributed by atoms with Gasteiger partial charge in [0.15, 0.2) is 0 Å².